The molecule has 0 saturated heterocycles. The molecule has 0 aromatic rings. The topological polar surface area (TPSA) is 26.3 Å². The molecule has 0 aromatic heterocycles. The van der Waals surface area contributed by atoms with E-state index in [1.54, 1.807) is 0 Å². The SMILES string of the molecule is CC(C)CCCCCCCCCCCOC(=O)CCCCC(C)C. The molecule has 144 valence electrons. The van der Waals surface area contributed by atoms with Gasteiger partial charge >= 0.3 is 5.97 Å². The van der Waals surface area contributed by atoms with Crippen LogP contribution in [-0.2, 0) is 9.53 Å². The molecule has 0 aliphatic rings. The summed E-state index contributed by atoms with van der Waals surface area (Å²) < 4.78 is 5.30. The molecule has 2 heteroatoms. The molecule has 0 unspecified atom stereocenters. The van der Waals surface area contributed by atoms with Crippen molar-refractivity contribution in [1.29, 1.82) is 0 Å². The van der Waals surface area contributed by atoms with Gasteiger partial charge in [0.15, 0.2) is 0 Å². The molecule has 0 rings (SSSR count). The Labute approximate surface area is 152 Å². The van der Waals surface area contributed by atoms with Crippen LogP contribution in [0.1, 0.15) is 118 Å². The Kier molecular flexibility index (Phi) is 16.9. The standard InChI is InChI=1S/C22H44O2/c1-20(2)16-12-10-8-6-5-7-9-11-15-19-24-22(23)18-14-13-17-21(3)4/h20-21H,5-19H2,1-4H3. The van der Waals surface area contributed by atoms with Crippen molar-refractivity contribution in [3.8, 4) is 0 Å². The number of rotatable bonds is 17. The minimum atomic E-state index is 0.000142. The number of hydrogen-bond acceptors (Lipinski definition) is 2. The van der Waals surface area contributed by atoms with E-state index in [1.807, 2.05) is 0 Å². The minimum absolute atomic E-state index is 0.000142. The highest BCUT2D eigenvalue weighted by Crippen LogP contribution is 2.13. The van der Waals surface area contributed by atoms with Crippen LogP contribution in [0.25, 0.3) is 0 Å². The highest BCUT2D eigenvalue weighted by Gasteiger charge is 2.03. The van der Waals surface area contributed by atoms with Gasteiger partial charge in [0.1, 0.15) is 0 Å². The van der Waals surface area contributed by atoms with Crippen LogP contribution < -0.4 is 0 Å². The number of unbranched alkanes of at least 4 members (excludes halogenated alkanes) is 9. The summed E-state index contributed by atoms with van der Waals surface area (Å²) in [5, 5.41) is 0. The minimum Gasteiger partial charge on any atom is -0.466 e. The first-order valence-corrected chi connectivity index (χ1v) is 10.7. The average molecular weight is 341 g/mol. The zero-order valence-electron chi connectivity index (χ0n) is 17.1. The number of carbonyl (C=O) groups excluding carboxylic acids is 1. The molecule has 0 radical (unpaired) electrons. The van der Waals surface area contributed by atoms with Gasteiger partial charge in [-0.15, -0.1) is 0 Å². The van der Waals surface area contributed by atoms with E-state index in [2.05, 4.69) is 27.7 Å². The van der Waals surface area contributed by atoms with E-state index in [1.165, 1.54) is 64.2 Å². The van der Waals surface area contributed by atoms with Crippen molar-refractivity contribution in [2.24, 2.45) is 11.8 Å². The molecule has 0 saturated carbocycles. The smallest absolute Gasteiger partial charge is 0.305 e. The Morgan fingerprint density at radius 1 is 0.625 bits per heavy atom. The fourth-order valence-electron chi connectivity index (χ4n) is 2.97. The second-order valence-electron chi connectivity index (χ2n) is 8.22. The van der Waals surface area contributed by atoms with Crippen molar-refractivity contribution in [3.05, 3.63) is 0 Å². The van der Waals surface area contributed by atoms with Crippen molar-refractivity contribution in [2.45, 2.75) is 118 Å². The average Bonchev–Trinajstić information content (AvgIpc) is 2.52. The Morgan fingerprint density at radius 3 is 1.54 bits per heavy atom. The highest BCUT2D eigenvalue weighted by molar-refractivity contribution is 5.69. The summed E-state index contributed by atoms with van der Waals surface area (Å²) in [4.78, 5) is 11.6. The number of hydrogen-bond donors (Lipinski definition) is 0. The lowest BCUT2D eigenvalue weighted by atomic mass is 10.0. The van der Waals surface area contributed by atoms with Gasteiger partial charge in [-0.25, -0.2) is 0 Å². The maximum absolute atomic E-state index is 11.6. The fourth-order valence-corrected chi connectivity index (χ4v) is 2.97. The van der Waals surface area contributed by atoms with Gasteiger partial charge in [-0.2, -0.15) is 0 Å². The fraction of sp³-hybridized carbons (Fsp3) is 0.955. The van der Waals surface area contributed by atoms with Crippen LogP contribution in [0.15, 0.2) is 0 Å². The van der Waals surface area contributed by atoms with Gasteiger partial charge in [-0.1, -0.05) is 98.3 Å². The van der Waals surface area contributed by atoms with Gasteiger partial charge in [-0.3, -0.25) is 4.79 Å². The Balaban J connectivity index is 3.15. The van der Waals surface area contributed by atoms with Gasteiger partial charge in [0, 0.05) is 6.42 Å². The summed E-state index contributed by atoms with van der Waals surface area (Å²) in [5.41, 5.74) is 0. The molecule has 24 heavy (non-hydrogen) atoms. The van der Waals surface area contributed by atoms with Crippen LogP contribution in [0.5, 0.6) is 0 Å². The molecule has 0 N–H and O–H groups in total. The lowest BCUT2D eigenvalue weighted by Gasteiger charge is -2.06. The first kappa shape index (κ1) is 23.5. The van der Waals surface area contributed by atoms with E-state index >= 15 is 0 Å². The van der Waals surface area contributed by atoms with Crippen molar-refractivity contribution in [3.63, 3.8) is 0 Å². The third-order valence-corrected chi connectivity index (χ3v) is 4.60. The van der Waals surface area contributed by atoms with Crippen molar-refractivity contribution >= 4 is 5.97 Å². The van der Waals surface area contributed by atoms with E-state index in [0.717, 1.165) is 31.1 Å². The zero-order chi connectivity index (χ0) is 18.0. The number of carbonyl (C=O) groups is 1. The molecule has 0 bridgehead atoms. The first-order valence-electron chi connectivity index (χ1n) is 10.7. The van der Waals surface area contributed by atoms with E-state index in [-0.39, 0.29) is 5.97 Å². The Hall–Kier alpha value is -0.530. The van der Waals surface area contributed by atoms with Crippen molar-refractivity contribution in [1.82, 2.24) is 0 Å². The van der Waals surface area contributed by atoms with Crippen LogP contribution in [0, 0.1) is 11.8 Å². The van der Waals surface area contributed by atoms with Gasteiger partial charge in [0.05, 0.1) is 6.61 Å². The largest absolute Gasteiger partial charge is 0.466 e. The van der Waals surface area contributed by atoms with E-state index in [4.69, 9.17) is 4.74 Å². The molecule has 0 heterocycles. The molecule has 0 aliphatic heterocycles. The van der Waals surface area contributed by atoms with E-state index < -0.39 is 0 Å². The number of ether oxygens (including phenoxy) is 1. The maximum Gasteiger partial charge on any atom is 0.305 e. The van der Waals surface area contributed by atoms with Crippen LogP contribution in [0.4, 0.5) is 0 Å². The molecule has 0 fully saturated rings. The Bertz CT molecular complexity index is 271. The molecule has 2 nitrogen and oxygen atoms in total. The van der Waals surface area contributed by atoms with Crippen molar-refractivity contribution in [2.75, 3.05) is 6.61 Å². The van der Waals surface area contributed by atoms with Crippen LogP contribution in [-0.4, -0.2) is 12.6 Å². The monoisotopic (exact) mass is 340 g/mol. The van der Waals surface area contributed by atoms with Crippen LogP contribution in [0.3, 0.4) is 0 Å². The lowest BCUT2D eigenvalue weighted by Crippen LogP contribution is -2.05. The van der Waals surface area contributed by atoms with E-state index in [9.17, 15) is 4.79 Å². The summed E-state index contributed by atoms with van der Waals surface area (Å²) in [6.45, 7) is 9.70. The lowest BCUT2D eigenvalue weighted by molar-refractivity contribution is -0.143. The van der Waals surface area contributed by atoms with Crippen LogP contribution >= 0.6 is 0 Å². The van der Waals surface area contributed by atoms with E-state index in [0.29, 0.717) is 13.0 Å². The predicted molar refractivity (Wildman–Crippen MR) is 105 cm³/mol. The summed E-state index contributed by atoms with van der Waals surface area (Å²) >= 11 is 0. The van der Waals surface area contributed by atoms with Gasteiger partial charge in [0.25, 0.3) is 0 Å². The van der Waals surface area contributed by atoms with Crippen molar-refractivity contribution < 1.29 is 9.53 Å². The van der Waals surface area contributed by atoms with Crippen LogP contribution in [0.2, 0.25) is 0 Å². The Morgan fingerprint density at radius 2 is 1.04 bits per heavy atom. The molecular formula is C22H44O2. The highest BCUT2D eigenvalue weighted by atomic mass is 16.5. The zero-order valence-corrected chi connectivity index (χ0v) is 17.1. The maximum atomic E-state index is 11.6. The molecule has 0 aliphatic carbocycles. The van der Waals surface area contributed by atoms with Gasteiger partial charge in [0.2, 0.25) is 0 Å². The van der Waals surface area contributed by atoms with Gasteiger partial charge in [-0.05, 0) is 24.7 Å². The third-order valence-electron chi connectivity index (χ3n) is 4.60. The quantitative estimate of drug-likeness (QED) is 0.205. The molecule has 0 spiro atoms. The molecule has 0 atom stereocenters. The van der Waals surface area contributed by atoms with Gasteiger partial charge < -0.3 is 4.74 Å². The second kappa shape index (κ2) is 17.3. The molecule has 0 aromatic carbocycles. The summed E-state index contributed by atoms with van der Waals surface area (Å²) in [6.07, 6.45) is 17.2. The number of esters is 1. The summed E-state index contributed by atoms with van der Waals surface area (Å²) in [5.74, 6) is 1.60. The summed E-state index contributed by atoms with van der Waals surface area (Å²) in [7, 11) is 0. The normalized spacial score (nSPS) is 11.4. The third kappa shape index (κ3) is 19.5. The molecular weight excluding hydrogens is 296 g/mol. The second-order valence-corrected chi connectivity index (χ2v) is 8.22. The summed E-state index contributed by atoms with van der Waals surface area (Å²) in [6, 6.07) is 0. The first-order chi connectivity index (χ1) is 11.5. The molecule has 0 amide bonds. The predicted octanol–water partition coefficient (Wildman–Crippen LogP) is 7.30.